The van der Waals surface area contributed by atoms with Crippen molar-refractivity contribution in [3.8, 4) is 0 Å². The molecule has 0 aromatic carbocycles. The molecular formula is C17H28N4O3. The van der Waals surface area contributed by atoms with Crippen LogP contribution in [0.2, 0.25) is 0 Å². The van der Waals surface area contributed by atoms with E-state index in [0.29, 0.717) is 12.8 Å². The number of hydrogen-bond acceptors (Lipinski definition) is 4. The summed E-state index contributed by atoms with van der Waals surface area (Å²) in [4.78, 5) is 42.6. The van der Waals surface area contributed by atoms with E-state index in [2.05, 4.69) is 5.32 Å². The number of likely N-dealkylation sites (N-methyl/N-ethyl adjacent to an activating group) is 2. The summed E-state index contributed by atoms with van der Waals surface area (Å²) in [5.74, 6) is -0.327. The molecular weight excluding hydrogens is 308 g/mol. The van der Waals surface area contributed by atoms with E-state index in [0.717, 1.165) is 45.2 Å². The maximum absolute atomic E-state index is 12.9. The zero-order valence-electron chi connectivity index (χ0n) is 14.7. The van der Waals surface area contributed by atoms with Crippen molar-refractivity contribution in [3.05, 3.63) is 0 Å². The molecule has 3 fully saturated rings. The minimum atomic E-state index is -0.705. The monoisotopic (exact) mass is 336 g/mol. The first-order valence-electron chi connectivity index (χ1n) is 9.03. The normalized spacial score (nSPS) is 24.8. The van der Waals surface area contributed by atoms with Crippen LogP contribution < -0.4 is 5.32 Å². The molecule has 0 atom stereocenters. The van der Waals surface area contributed by atoms with E-state index in [1.807, 2.05) is 0 Å². The smallest absolute Gasteiger partial charge is 0.327 e. The average Bonchev–Trinajstić information content (AvgIpc) is 2.79. The molecule has 1 spiro atoms. The average molecular weight is 336 g/mol. The Labute approximate surface area is 143 Å². The Morgan fingerprint density at radius 1 is 1.21 bits per heavy atom. The molecule has 134 valence electrons. The van der Waals surface area contributed by atoms with Crippen molar-refractivity contribution in [1.29, 1.82) is 0 Å². The third kappa shape index (κ3) is 2.79. The Hall–Kier alpha value is -1.63. The summed E-state index contributed by atoms with van der Waals surface area (Å²) in [6.07, 6.45) is 6.27. The second-order valence-electron chi connectivity index (χ2n) is 7.31. The van der Waals surface area contributed by atoms with Crippen LogP contribution in [0.5, 0.6) is 0 Å². The van der Waals surface area contributed by atoms with Crippen molar-refractivity contribution in [3.63, 3.8) is 0 Å². The van der Waals surface area contributed by atoms with Crippen molar-refractivity contribution in [2.45, 2.75) is 56.5 Å². The van der Waals surface area contributed by atoms with Gasteiger partial charge >= 0.3 is 6.03 Å². The van der Waals surface area contributed by atoms with Crippen molar-refractivity contribution in [2.24, 2.45) is 0 Å². The number of amides is 4. The van der Waals surface area contributed by atoms with Gasteiger partial charge in [0, 0.05) is 20.1 Å². The molecule has 2 saturated heterocycles. The van der Waals surface area contributed by atoms with Crippen LogP contribution in [-0.4, -0.2) is 77.9 Å². The third-order valence-corrected chi connectivity index (χ3v) is 6.03. The molecule has 24 heavy (non-hydrogen) atoms. The van der Waals surface area contributed by atoms with Gasteiger partial charge in [-0.2, -0.15) is 0 Å². The van der Waals surface area contributed by atoms with Gasteiger partial charge in [-0.25, -0.2) is 4.79 Å². The highest BCUT2D eigenvalue weighted by Gasteiger charge is 2.56. The molecule has 7 nitrogen and oxygen atoms in total. The summed E-state index contributed by atoms with van der Waals surface area (Å²) in [6, 6.07) is -0.137. The van der Waals surface area contributed by atoms with Gasteiger partial charge in [0.15, 0.2) is 0 Å². The van der Waals surface area contributed by atoms with E-state index in [1.54, 1.807) is 23.9 Å². The SMILES string of the molecule is CN(C(=O)CN1C(=O)N(C)C2(CCCCC2)C1=O)C1CCNCC1. The molecule has 3 rings (SSSR count). The molecule has 0 unspecified atom stereocenters. The topological polar surface area (TPSA) is 73.0 Å². The predicted molar refractivity (Wildman–Crippen MR) is 89.3 cm³/mol. The molecule has 0 aromatic heterocycles. The van der Waals surface area contributed by atoms with Gasteiger partial charge in [0.05, 0.1) is 0 Å². The minimum absolute atomic E-state index is 0.135. The van der Waals surface area contributed by atoms with Crippen LogP contribution in [0.3, 0.4) is 0 Å². The number of nitrogens with one attached hydrogen (secondary N) is 1. The first-order chi connectivity index (χ1) is 11.5. The van der Waals surface area contributed by atoms with E-state index < -0.39 is 5.54 Å². The maximum atomic E-state index is 12.9. The summed E-state index contributed by atoms with van der Waals surface area (Å²) in [7, 11) is 3.48. The Morgan fingerprint density at radius 2 is 1.83 bits per heavy atom. The van der Waals surface area contributed by atoms with Crippen molar-refractivity contribution in [2.75, 3.05) is 33.7 Å². The molecule has 7 heteroatoms. The number of nitrogens with zero attached hydrogens (tertiary/aromatic N) is 3. The number of hydrogen-bond donors (Lipinski definition) is 1. The summed E-state index contributed by atoms with van der Waals surface area (Å²) >= 11 is 0. The molecule has 4 amide bonds. The molecule has 2 heterocycles. The summed E-state index contributed by atoms with van der Waals surface area (Å²) < 4.78 is 0. The molecule has 2 aliphatic heterocycles. The zero-order chi connectivity index (χ0) is 17.3. The summed E-state index contributed by atoms with van der Waals surface area (Å²) in [6.45, 7) is 1.66. The predicted octanol–water partition coefficient (Wildman–Crippen LogP) is 0.794. The van der Waals surface area contributed by atoms with Gasteiger partial charge in [-0.1, -0.05) is 19.3 Å². The van der Waals surface area contributed by atoms with Crippen LogP contribution in [0.15, 0.2) is 0 Å². The number of carbonyl (C=O) groups is 3. The van der Waals surface area contributed by atoms with E-state index in [4.69, 9.17) is 0 Å². The second kappa shape index (κ2) is 6.70. The molecule has 3 aliphatic rings. The number of imide groups is 1. The van der Waals surface area contributed by atoms with Gasteiger partial charge in [-0.05, 0) is 38.8 Å². The lowest BCUT2D eigenvalue weighted by atomic mass is 9.81. The van der Waals surface area contributed by atoms with Crippen LogP contribution in [0.4, 0.5) is 4.79 Å². The summed E-state index contributed by atoms with van der Waals surface area (Å²) in [5.41, 5.74) is -0.705. The number of piperidine rings is 1. The van der Waals surface area contributed by atoms with Gasteiger partial charge in [-0.3, -0.25) is 14.5 Å². The quantitative estimate of drug-likeness (QED) is 0.774. The largest absolute Gasteiger partial charge is 0.341 e. The highest BCUT2D eigenvalue weighted by molar-refractivity contribution is 6.08. The fourth-order valence-electron chi connectivity index (χ4n) is 4.32. The van der Waals surface area contributed by atoms with Gasteiger partial charge < -0.3 is 15.1 Å². The van der Waals surface area contributed by atoms with E-state index in [-0.39, 0.29) is 30.4 Å². The lowest BCUT2D eigenvalue weighted by Gasteiger charge is -2.36. The first kappa shape index (κ1) is 17.2. The van der Waals surface area contributed by atoms with Gasteiger partial charge in [0.25, 0.3) is 5.91 Å². The van der Waals surface area contributed by atoms with Crippen LogP contribution in [0.25, 0.3) is 0 Å². The van der Waals surface area contributed by atoms with Crippen LogP contribution in [-0.2, 0) is 9.59 Å². The van der Waals surface area contributed by atoms with Gasteiger partial charge in [-0.15, -0.1) is 0 Å². The van der Waals surface area contributed by atoms with E-state index >= 15 is 0 Å². The van der Waals surface area contributed by atoms with Crippen LogP contribution in [0, 0.1) is 0 Å². The molecule has 1 aliphatic carbocycles. The fraction of sp³-hybridized carbons (Fsp3) is 0.824. The molecule has 1 N–H and O–H groups in total. The highest BCUT2D eigenvalue weighted by atomic mass is 16.2. The van der Waals surface area contributed by atoms with Crippen molar-refractivity contribution < 1.29 is 14.4 Å². The molecule has 0 bridgehead atoms. The lowest BCUT2D eigenvalue weighted by molar-refractivity contribution is -0.141. The number of carbonyl (C=O) groups excluding carboxylic acids is 3. The maximum Gasteiger partial charge on any atom is 0.327 e. The Balaban J connectivity index is 1.69. The number of urea groups is 1. The molecule has 0 aromatic rings. The van der Waals surface area contributed by atoms with Crippen molar-refractivity contribution >= 4 is 17.8 Å². The van der Waals surface area contributed by atoms with Crippen molar-refractivity contribution in [1.82, 2.24) is 20.0 Å². The third-order valence-electron chi connectivity index (χ3n) is 6.03. The Morgan fingerprint density at radius 3 is 2.46 bits per heavy atom. The van der Waals surface area contributed by atoms with E-state index in [9.17, 15) is 14.4 Å². The zero-order valence-corrected chi connectivity index (χ0v) is 14.7. The Bertz CT molecular complexity index is 524. The Kier molecular flexibility index (Phi) is 4.80. The second-order valence-corrected chi connectivity index (χ2v) is 7.31. The molecule has 1 saturated carbocycles. The van der Waals surface area contributed by atoms with E-state index in [1.165, 1.54) is 4.90 Å². The molecule has 0 radical (unpaired) electrons. The summed E-state index contributed by atoms with van der Waals surface area (Å²) in [5, 5.41) is 3.28. The lowest BCUT2D eigenvalue weighted by Crippen LogP contribution is -2.50. The first-order valence-corrected chi connectivity index (χ1v) is 9.03. The fourth-order valence-corrected chi connectivity index (χ4v) is 4.32. The van der Waals surface area contributed by atoms with Crippen LogP contribution >= 0.6 is 0 Å². The minimum Gasteiger partial charge on any atom is -0.341 e. The van der Waals surface area contributed by atoms with Crippen LogP contribution in [0.1, 0.15) is 44.9 Å². The van der Waals surface area contributed by atoms with Gasteiger partial charge in [0.2, 0.25) is 5.91 Å². The standard InChI is InChI=1S/C17H28N4O3/c1-19(13-6-10-18-11-7-13)14(22)12-21-15(23)17(20(2)16(21)24)8-4-3-5-9-17/h13,18H,3-12H2,1-2H3. The highest BCUT2D eigenvalue weighted by Crippen LogP contribution is 2.39. The van der Waals surface area contributed by atoms with Gasteiger partial charge in [0.1, 0.15) is 12.1 Å². The number of rotatable bonds is 3.